The van der Waals surface area contributed by atoms with Gasteiger partial charge in [-0.05, 0) is 37.1 Å². The molecule has 4 heterocycles. The van der Waals surface area contributed by atoms with E-state index in [-0.39, 0.29) is 31.8 Å². The lowest BCUT2D eigenvalue weighted by Crippen LogP contribution is -2.28. The Kier molecular flexibility index (Phi) is 6.79. The van der Waals surface area contributed by atoms with E-state index in [9.17, 15) is 9.90 Å². The van der Waals surface area contributed by atoms with Crippen LogP contribution in [0.15, 0.2) is 48.9 Å². The fourth-order valence-electron chi connectivity index (χ4n) is 4.50. The van der Waals surface area contributed by atoms with Gasteiger partial charge in [0.2, 0.25) is 11.8 Å². The minimum Gasteiger partial charge on any atom is -0.475 e. The maximum absolute atomic E-state index is 12.3. The number of hydrogen-bond donors (Lipinski definition) is 3. The van der Waals surface area contributed by atoms with Crippen LogP contribution in [-0.4, -0.2) is 60.7 Å². The second kappa shape index (κ2) is 10.3. The molecule has 0 saturated carbocycles. The largest absolute Gasteiger partial charge is 0.475 e. The molecular formula is C26H27N5O5. The quantitative estimate of drug-likeness (QED) is 0.343. The molecule has 3 N–H and O–H groups in total. The molecule has 0 spiro atoms. The van der Waals surface area contributed by atoms with Gasteiger partial charge in [-0.3, -0.25) is 14.8 Å². The Morgan fingerprint density at radius 1 is 1.14 bits per heavy atom. The third-order valence-electron chi connectivity index (χ3n) is 6.19. The van der Waals surface area contributed by atoms with E-state index < -0.39 is 0 Å². The lowest BCUT2D eigenvalue weighted by molar-refractivity contribution is -0.129. The Bertz CT molecular complexity index is 1350. The van der Waals surface area contributed by atoms with Crippen LogP contribution in [0.3, 0.4) is 0 Å². The summed E-state index contributed by atoms with van der Waals surface area (Å²) in [6.07, 6.45) is 6.50. The summed E-state index contributed by atoms with van der Waals surface area (Å²) in [5.41, 5.74) is 3.74. The molecule has 3 aromatic heterocycles. The van der Waals surface area contributed by atoms with E-state index in [0.717, 1.165) is 35.0 Å². The number of rotatable bonds is 8. The first-order valence-corrected chi connectivity index (χ1v) is 11.8. The molecule has 1 amide bonds. The molecule has 4 aromatic rings. The van der Waals surface area contributed by atoms with Gasteiger partial charge in [-0.2, -0.15) is 0 Å². The Morgan fingerprint density at radius 3 is 2.72 bits per heavy atom. The number of aromatic amines is 1. The number of benzene rings is 1. The maximum atomic E-state index is 12.3. The van der Waals surface area contributed by atoms with Crippen LogP contribution in [0.5, 0.6) is 17.4 Å². The number of pyridine rings is 1. The van der Waals surface area contributed by atoms with Crippen molar-refractivity contribution in [2.75, 3.05) is 19.8 Å². The fourth-order valence-corrected chi connectivity index (χ4v) is 4.50. The number of aromatic nitrogens is 4. The zero-order valence-electron chi connectivity index (χ0n) is 19.8. The van der Waals surface area contributed by atoms with Gasteiger partial charge in [0.1, 0.15) is 23.8 Å². The smallest absolute Gasteiger partial charge is 0.219 e. The predicted molar refractivity (Wildman–Crippen MR) is 132 cm³/mol. The first-order valence-electron chi connectivity index (χ1n) is 11.8. The third-order valence-corrected chi connectivity index (χ3v) is 6.19. The van der Waals surface area contributed by atoms with Crippen molar-refractivity contribution in [3.63, 3.8) is 0 Å². The molecule has 0 aliphatic carbocycles. The van der Waals surface area contributed by atoms with Crippen molar-refractivity contribution in [2.24, 2.45) is 0 Å². The van der Waals surface area contributed by atoms with Crippen LogP contribution >= 0.6 is 0 Å². The summed E-state index contributed by atoms with van der Waals surface area (Å²) in [7, 11) is 0. The maximum Gasteiger partial charge on any atom is 0.219 e. The van der Waals surface area contributed by atoms with E-state index in [4.69, 9.17) is 14.6 Å². The van der Waals surface area contributed by atoms with Gasteiger partial charge in [0.05, 0.1) is 49.2 Å². The molecule has 1 atom stereocenters. The molecule has 5 rings (SSSR count). The molecule has 1 aliphatic heterocycles. The van der Waals surface area contributed by atoms with Gasteiger partial charge in [-0.25, -0.2) is 4.98 Å². The van der Waals surface area contributed by atoms with Crippen LogP contribution in [0.2, 0.25) is 0 Å². The number of amides is 1. The minimum atomic E-state index is -0.165. The van der Waals surface area contributed by atoms with Crippen molar-refractivity contribution in [1.29, 1.82) is 0 Å². The summed E-state index contributed by atoms with van der Waals surface area (Å²) in [5.74, 6) is 1.59. The van der Waals surface area contributed by atoms with Crippen molar-refractivity contribution >= 4 is 16.8 Å². The van der Waals surface area contributed by atoms with Crippen LogP contribution in [0.1, 0.15) is 37.1 Å². The van der Waals surface area contributed by atoms with E-state index in [1.54, 1.807) is 37.6 Å². The number of likely N-dealkylation sites (tertiary alicyclic amines) is 1. The predicted octanol–water partition coefficient (Wildman–Crippen LogP) is 3.36. The normalized spacial score (nSPS) is 15.4. The van der Waals surface area contributed by atoms with Gasteiger partial charge in [0.15, 0.2) is 0 Å². The number of carbonyl (C=O) groups excluding carboxylic acids is 1. The van der Waals surface area contributed by atoms with Crippen LogP contribution < -0.4 is 9.47 Å². The van der Waals surface area contributed by atoms with E-state index >= 15 is 0 Å². The number of fused-ring (bicyclic) bond motifs is 1. The molecular weight excluding hydrogens is 462 g/mol. The fraction of sp³-hybridized carbons (Fsp3) is 0.308. The molecule has 10 nitrogen and oxygen atoms in total. The molecule has 0 unspecified atom stereocenters. The average molecular weight is 490 g/mol. The van der Waals surface area contributed by atoms with Crippen molar-refractivity contribution in [2.45, 2.75) is 32.4 Å². The lowest BCUT2D eigenvalue weighted by atomic mass is 10.0. The number of carbonyl (C=O) groups is 1. The number of nitrogens with zero attached hydrogens (tertiary/aromatic N) is 4. The third kappa shape index (κ3) is 4.86. The van der Waals surface area contributed by atoms with Gasteiger partial charge in [-0.15, -0.1) is 0 Å². The minimum absolute atomic E-state index is 0.0296. The number of ether oxygens (including phenoxy) is 2. The van der Waals surface area contributed by atoms with Crippen LogP contribution in [0.4, 0.5) is 0 Å². The average Bonchev–Trinajstić information content (AvgIpc) is 3.55. The van der Waals surface area contributed by atoms with Crippen molar-refractivity contribution in [1.82, 2.24) is 24.8 Å². The highest BCUT2D eigenvalue weighted by atomic mass is 16.5. The lowest BCUT2D eigenvalue weighted by Gasteiger charge is -2.25. The highest BCUT2D eigenvalue weighted by Gasteiger charge is 2.31. The molecule has 10 heteroatoms. The van der Waals surface area contributed by atoms with Crippen LogP contribution in [0.25, 0.3) is 22.3 Å². The van der Waals surface area contributed by atoms with Gasteiger partial charge in [0, 0.05) is 36.0 Å². The summed E-state index contributed by atoms with van der Waals surface area (Å²) in [4.78, 5) is 30.5. The summed E-state index contributed by atoms with van der Waals surface area (Å²) in [6.45, 7) is 2.21. The zero-order valence-corrected chi connectivity index (χ0v) is 19.8. The first-order chi connectivity index (χ1) is 17.6. The first kappa shape index (κ1) is 23.7. The van der Waals surface area contributed by atoms with Crippen molar-refractivity contribution < 1.29 is 24.5 Å². The second-order valence-corrected chi connectivity index (χ2v) is 8.59. The highest BCUT2D eigenvalue weighted by Crippen LogP contribution is 2.41. The van der Waals surface area contributed by atoms with Crippen molar-refractivity contribution in [3.8, 4) is 28.8 Å². The summed E-state index contributed by atoms with van der Waals surface area (Å²) < 4.78 is 11.6. The molecule has 186 valence electrons. The number of hydrogen-bond acceptors (Lipinski definition) is 8. The van der Waals surface area contributed by atoms with E-state index in [1.165, 1.54) is 0 Å². The zero-order chi connectivity index (χ0) is 25.1. The molecule has 1 aliphatic rings. The molecule has 1 fully saturated rings. The Hall–Kier alpha value is -4.02. The standard InChI is InChI=1S/C26H27N5O5/c1-16(34)31-6-2-3-24(31)20-11-21-17(9-22(30-21)23-14-27-18(15-33)12-28-23)10-25(20)36-19-4-5-26(29-13-19)35-8-7-32/h4-5,9-14,24,30,32-33H,2-3,6-8,15H2,1H3/t24-/m1/s1. The van der Waals surface area contributed by atoms with E-state index in [0.29, 0.717) is 35.3 Å². The van der Waals surface area contributed by atoms with Gasteiger partial charge in [0.25, 0.3) is 0 Å². The molecule has 1 aromatic carbocycles. The molecule has 0 bridgehead atoms. The second-order valence-electron chi connectivity index (χ2n) is 8.59. The van der Waals surface area contributed by atoms with Gasteiger partial charge < -0.3 is 29.6 Å². The van der Waals surface area contributed by atoms with Crippen LogP contribution in [0, 0.1) is 0 Å². The molecule has 1 saturated heterocycles. The summed E-state index contributed by atoms with van der Waals surface area (Å²) in [5, 5.41) is 19.1. The number of H-pyrrole nitrogens is 1. The van der Waals surface area contributed by atoms with Gasteiger partial charge in [-0.1, -0.05) is 0 Å². The summed E-state index contributed by atoms with van der Waals surface area (Å²) in [6, 6.07) is 9.29. The molecule has 36 heavy (non-hydrogen) atoms. The summed E-state index contributed by atoms with van der Waals surface area (Å²) >= 11 is 0. The SMILES string of the molecule is CC(=O)N1CCC[C@@H]1c1cc2[nH]c(-c3cnc(CO)cn3)cc2cc1Oc1ccc(OCCO)nc1. The van der Waals surface area contributed by atoms with Gasteiger partial charge >= 0.3 is 0 Å². The number of aliphatic hydroxyl groups excluding tert-OH is 2. The van der Waals surface area contributed by atoms with E-state index in [2.05, 4.69) is 19.9 Å². The van der Waals surface area contributed by atoms with E-state index in [1.807, 2.05) is 23.1 Å². The Morgan fingerprint density at radius 2 is 2.03 bits per heavy atom. The Balaban J connectivity index is 1.53. The van der Waals surface area contributed by atoms with Crippen LogP contribution in [-0.2, 0) is 11.4 Å². The Labute approximate surface area is 207 Å². The highest BCUT2D eigenvalue weighted by molar-refractivity contribution is 5.88. The number of aliphatic hydroxyl groups is 2. The van der Waals surface area contributed by atoms with Crippen molar-refractivity contribution in [3.05, 3.63) is 60.2 Å². The topological polar surface area (TPSA) is 134 Å². The molecule has 0 radical (unpaired) electrons. The monoisotopic (exact) mass is 489 g/mol. The number of nitrogens with one attached hydrogen (secondary N) is 1.